The van der Waals surface area contributed by atoms with E-state index in [-0.39, 0.29) is 38.3 Å². The largest absolute Gasteiger partial charge is 0.481 e. The fraction of sp³-hybridized carbons (Fsp3) is 0.688. The van der Waals surface area contributed by atoms with Gasteiger partial charge in [0.2, 0.25) is 11.8 Å². The molecule has 9 N–H and O–H groups in total. The Balaban J connectivity index is 2.81. The van der Waals surface area contributed by atoms with Gasteiger partial charge in [0.05, 0.1) is 6.04 Å². The average Bonchev–Trinajstić information content (AvgIpc) is 3.11. The topological polar surface area (TPSA) is 214 Å². The van der Waals surface area contributed by atoms with Crippen LogP contribution < -0.4 is 22.5 Å². The number of nitrogens with two attached hydrogens (primary N) is 3. The van der Waals surface area contributed by atoms with E-state index in [0.29, 0.717) is 19.3 Å². The summed E-state index contributed by atoms with van der Waals surface area (Å²) in [6, 6.07) is -3.04. The molecule has 0 unspecified atom stereocenters. The SMILES string of the molecule is NC(N)=NCCC[C@H](NC(=O)[C@@H](N)CCC(=O)O)C(=O)N1CCC[C@H]1C(=O)O. The Labute approximate surface area is 162 Å². The Hall–Kier alpha value is -2.89. The summed E-state index contributed by atoms with van der Waals surface area (Å²) < 4.78 is 0. The van der Waals surface area contributed by atoms with Crippen LogP contribution in [-0.4, -0.2) is 76.0 Å². The lowest BCUT2D eigenvalue weighted by molar-refractivity contribution is -0.149. The molecule has 0 aromatic rings. The number of aliphatic carboxylic acids is 2. The Kier molecular flexibility index (Phi) is 9.15. The second-order valence-corrected chi connectivity index (χ2v) is 6.58. The van der Waals surface area contributed by atoms with Gasteiger partial charge in [-0.3, -0.25) is 19.4 Å². The van der Waals surface area contributed by atoms with E-state index in [1.54, 1.807) is 0 Å². The molecule has 0 saturated carbocycles. The van der Waals surface area contributed by atoms with E-state index < -0.39 is 41.9 Å². The van der Waals surface area contributed by atoms with Gasteiger partial charge in [0, 0.05) is 19.5 Å². The number of hydrogen-bond donors (Lipinski definition) is 6. The standard InChI is InChI=1S/C16H28N6O6/c17-9(5-6-12(23)24)13(25)21-10(3-1-7-20-16(18)19)14(26)22-8-2-4-11(22)15(27)28/h9-11H,1-8,17H2,(H,21,25)(H,23,24)(H,27,28)(H4,18,19,20)/t9-,10-,11-/m0/s1. The van der Waals surface area contributed by atoms with Gasteiger partial charge in [-0.15, -0.1) is 0 Å². The minimum absolute atomic E-state index is 0.0858. The van der Waals surface area contributed by atoms with Crippen LogP contribution in [0.15, 0.2) is 4.99 Å². The number of rotatable bonds is 11. The third-order valence-corrected chi connectivity index (χ3v) is 4.39. The fourth-order valence-electron chi connectivity index (χ4n) is 2.94. The summed E-state index contributed by atoms with van der Waals surface area (Å²) in [4.78, 5) is 52.1. The summed E-state index contributed by atoms with van der Waals surface area (Å²) >= 11 is 0. The first-order valence-electron chi connectivity index (χ1n) is 9.00. The zero-order valence-electron chi connectivity index (χ0n) is 15.5. The molecule has 1 saturated heterocycles. The molecule has 12 nitrogen and oxygen atoms in total. The van der Waals surface area contributed by atoms with Crippen molar-refractivity contribution in [3.63, 3.8) is 0 Å². The Bertz CT molecular complexity index is 621. The highest BCUT2D eigenvalue weighted by Crippen LogP contribution is 2.19. The van der Waals surface area contributed by atoms with E-state index >= 15 is 0 Å². The van der Waals surface area contributed by atoms with Crippen LogP contribution in [0, 0.1) is 0 Å². The number of carboxylic acid groups (broad SMARTS) is 2. The predicted molar refractivity (Wildman–Crippen MR) is 99.1 cm³/mol. The molecule has 0 aromatic heterocycles. The van der Waals surface area contributed by atoms with Gasteiger partial charge in [-0.1, -0.05) is 0 Å². The molecule has 0 aromatic carbocycles. The molecule has 1 heterocycles. The molecule has 1 aliphatic rings. The molecule has 1 fully saturated rings. The molecule has 0 radical (unpaired) electrons. The number of carbonyl (C=O) groups is 4. The van der Waals surface area contributed by atoms with Gasteiger partial charge in [-0.2, -0.15) is 0 Å². The van der Waals surface area contributed by atoms with Gasteiger partial charge in [0.25, 0.3) is 0 Å². The molecular weight excluding hydrogens is 372 g/mol. The number of nitrogens with zero attached hydrogens (tertiary/aromatic N) is 2. The first kappa shape index (κ1) is 23.1. The van der Waals surface area contributed by atoms with Crippen molar-refractivity contribution in [3.8, 4) is 0 Å². The number of amides is 2. The molecule has 2 amide bonds. The molecular formula is C16H28N6O6. The summed E-state index contributed by atoms with van der Waals surface area (Å²) in [7, 11) is 0. The number of likely N-dealkylation sites (tertiary alicyclic amines) is 1. The zero-order chi connectivity index (χ0) is 21.3. The third kappa shape index (κ3) is 7.39. The van der Waals surface area contributed by atoms with E-state index in [0.717, 1.165) is 0 Å². The van der Waals surface area contributed by atoms with Crippen molar-refractivity contribution < 1.29 is 29.4 Å². The molecule has 1 rings (SSSR count). The number of aliphatic imine (C=N–C) groups is 1. The Morgan fingerprint density at radius 3 is 2.43 bits per heavy atom. The predicted octanol–water partition coefficient (Wildman–Crippen LogP) is -2.21. The molecule has 1 aliphatic heterocycles. The lowest BCUT2D eigenvalue weighted by Gasteiger charge is -2.28. The smallest absolute Gasteiger partial charge is 0.326 e. The first-order valence-corrected chi connectivity index (χ1v) is 9.00. The van der Waals surface area contributed by atoms with Crippen molar-refractivity contribution in [1.82, 2.24) is 10.2 Å². The monoisotopic (exact) mass is 400 g/mol. The second kappa shape index (κ2) is 11.1. The maximum atomic E-state index is 12.8. The van der Waals surface area contributed by atoms with Gasteiger partial charge in [0.1, 0.15) is 12.1 Å². The molecule has 12 heteroatoms. The van der Waals surface area contributed by atoms with Crippen LogP contribution in [0.5, 0.6) is 0 Å². The van der Waals surface area contributed by atoms with E-state index in [2.05, 4.69) is 10.3 Å². The highest BCUT2D eigenvalue weighted by atomic mass is 16.4. The van der Waals surface area contributed by atoms with Crippen LogP contribution >= 0.6 is 0 Å². The lowest BCUT2D eigenvalue weighted by Crippen LogP contribution is -2.54. The van der Waals surface area contributed by atoms with Crippen molar-refractivity contribution in [2.75, 3.05) is 13.1 Å². The summed E-state index contributed by atoms with van der Waals surface area (Å²) in [5, 5.41) is 20.5. The highest BCUT2D eigenvalue weighted by Gasteiger charge is 2.37. The van der Waals surface area contributed by atoms with Gasteiger partial charge in [0.15, 0.2) is 5.96 Å². The number of guanidine groups is 1. The van der Waals surface area contributed by atoms with Crippen molar-refractivity contribution in [2.45, 2.75) is 56.7 Å². The molecule has 0 bridgehead atoms. The van der Waals surface area contributed by atoms with Gasteiger partial charge >= 0.3 is 11.9 Å². The molecule has 158 valence electrons. The van der Waals surface area contributed by atoms with Gasteiger partial charge in [-0.05, 0) is 32.1 Å². The Morgan fingerprint density at radius 2 is 1.86 bits per heavy atom. The summed E-state index contributed by atoms with van der Waals surface area (Å²) in [6.07, 6.45) is 1.06. The van der Waals surface area contributed by atoms with Crippen LogP contribution in [0.1, 0.15) is 38.5 Å². The molecule has 28 heavy (non-hydrogen) atoms. The zero-order valence-corrected chi connectivity index (χ0v) is 15.5. The van der Waals surface area contributed by atoms with Gasteiger partial charge in [-0.25, -0.2) is 4.79 Å². The van der Waals surface area contributed by atoms with Crippen LogP contribution in [-0.2, 0) is 19.2 Å². The van der Waals surface area contributed by atoms with Gasteiger partial charge < -0.3 is 37.6 Å². The van der Waals surface area contributed by atoms with Crippen molar-refractivity contribution in [2.24, 2.45) is 22.2 Å². The van der Waals surface area contributed by atoms with E-state index in [9.17, 15) is 24.3 Å². The fourth-order valence-corrected chi connectivity index (χ4v) is 2.94. The number of hydrogen-bond acceptors (Lipinski definition) is 6. The number of carbonyl (C=O) groups excluding carboxylic acids is 2. The maximum Gasteiger partial charge on any atom is 0.326 e. The third-order valence-electron chi connectivity index (χ3n) is 4.39. The highest BCUT2D eigenvalue weighted by molar-refractivity contribution is 5.92. The molecule has 0 spiro atoms. The van der Waals surface area contributed by atoms with Crippen LogP contribution in [0.4, 0.5) is 0 Å². The van der Waals surface area contributed by atoms with E-state index in [1.165, 1.54) is 4.90 Å². The molecule has 0 aliphatic carbocycles. The van der Waals surface area contributed by atoms with E-state index in [4.69, 9.17) is 22.3 Å². The summed E-state index contributed by atoms with van der Waals surface area (Å²) in [6.45, 7) is 0.510. The summed E-state index contributed by atoms with van der Waals surface area (Å²) in [5.74, 6) is -3.49. The number of nitrogens with one attached hydrogen (secondary N) is 1. The molecule has 3 atom stereocenters. The maximum absolute atomic E-state index is 12.8. The second-order valence-electron chi connectivity index (χ2n) is 6.58. The minimum Gasteiger partial charge on any atom is -0.481 e. The number of carboxylic acids is 2. The van der Waals surface area contributed by atoms with E-state index in [1.807, 2.05) is 0 Å². The first-order chi connectivity index (χ1) is 13.1. The summed E-state index contributed by atoms with van der Waals surface area (Å²) in [5.41, 5.74) is 16.2. The van der Waals surface area contributed by atoms with Crippen LogP contribution in [0.25, 0.3) is 0 Å². The van der Waals surface area contributed by atoms with Crippen LogP contribution in [0.3, 0.4) is 0 Å². The van der Waals surface area contributed by atoms with Crippen molar-refractivity contribution in [1.29, 1.82) is 0 Å². The normalized spacial score (nSPS) is 18.2. The average molecular weight is 400 g/mol. The lowest BCUT2D eigenvalue weighted by atomic mass is 10.1. The van der Waals surface area contributed by atoms with Crippen molar-refractivity contribution >= 4 is 29.7 Å². The minimum atomic E-state index is -1.10. The Morgan fingerprint density at radius 1 is 1.18 bits per heavy atom. The van der Waals surface area contributed by atoms with Crippen LogP contribution in [0.2, 0.25) is 0 Å². The quantitative estimate of drug-likeness (QED) is 0.126. The van der Waals surface area contributed by atoms with Crippen molar-refractivity contribution in [3.05, 3.63) is 0 Å².